The molecule has 23 heavy (non-hydrogen) atoms. The van der Waals surface area contributed by atoms with Crippen LogP contribution in [0.1, 0.15) is 5.56 Å². The zero-order valence-corrected chi connectivity index (χ0v) is 14.0. The number of ether oxygens (including phenoxy) is 1. The van der Waals surface area contributed by atoms with Gasteiger partial charge in [-0.1, -0.05) is 84.7 Å². The van der Waals surface area contributed by atoms with Crippen molar-refractivity contribution in [2.45, 2.75) is 0 Å². The Morgan fingerprint density at radius 1 is 0.696 bits per heavy atom. The molecule has 0 radical (unpaired) electrons. The maximum Gasteiger partial charge on any atom is 0.118 e. The van der Waals surface area contributed by atoms with Crippen molar-refractivity contribution in [3.8, 4) is 5.75 Å². The van der Waals surface area contributed by atoms with Crippen LogP contribution in [0.15, 0.2) is 90.7 Å². The predicted octanol–water partition coefficient (Wildman–Crippen LogP) is 4.80. The van der Waals surface area contributed by atoms with Crippen LogP contribution < -0.4 is 15.3 Å². The lowest BCUT2D eigenvalue weighted by atomic mass is 10.2. The van der Waals surface area contributed by atoms with E-state index in [-0.39, 0.29) is 0 Å². The van der Waals surface area contributed by atoms with Crippen LogP contribution in [0, 0.1) is 0 Å². The van der Waals surface area contributed by atoms with Crippen LogP contribution in [0.3, 0.4) is 0 Å². The van der Waals surface area contributed by atoms with Crippen molar-refractivity contribution >= 4 is 24.6 Å². The summed E-state index contributed by atoms with van der Waals surface area (Å²) >= 11 is 0. The molecule has 0 N–H and O–H groups in total. The summed E-state index contributed by atoms with van der Waals surface area (Å²) in [5.41, 5.74) is 1.19. The lowest BCUT2D eigenvalue weighted by Gasteiger charge is -2.14. The Hall–Kier alpha value is -2.37. The maximum absolute atomic E-state index is 5.21. The second-order valence-electron chi connectivity index (χ2n) is 5.13. The molecule has 0 unspecified atom stereocenters. The Balaban J connectivity index is 1.91. The Labute approximate surface area is 139 Å². The number of methoxy groups -OCH3 is 1. The molecule has 3 aromatic carbocycles. The topological polar surface area (TPSA) is 9.23 Å². The van der Waals surface area contributed by atoms with E-state index in [1.54, 1.807) is 7.11 Å². The summed E-state index contributed by atoms with van der Waals surface area (Å²) in [6.45, 7) is 0. The molecule has 0 aliphatic carbocycles. The van der Waals surface area contributed by atoms with Gasteiger partial charge in [0.25, 0.3) is 0 Å². The monoisotopic (exact) mass is 318 g/mol. The van der Waals surface area contributed by atoms with Gasteiger partial charge >= 0.3 is 0 Å². The van der Waals surface area contributed by atoms with Gasteiger partial charge in [0.15, 0.2) is 0 Å². The molecule has 3 aromatic rings. The molecular formula is C21H19OP. The highest BCUT2D eigenvalue weighted by molar-refractivity contribution is 7.75. The molecule has 0 aromatic heterocycles. The van der Waals surface area contributed by atoms with E-state index >= 15 is 0 Å². The van der Waals surface area contributed by atoms with Crippen LogP contribution in [0.4, 0.5) is 0 Å². The van der Waals surface area contributed by atoms with E-state index in [0.717, 1.165) is 5.75 Å². The standard InChI is InChI=1S/C21H19OP/c1-22-19-14-12-18(13-15-19)16-17-23(20-8-4-2-5-9-20)21-10-6-3-7-11-21/h2-17H,1H3/b17-16+. The Morgan fingerprint density at radius 3 is 1.70 bits per heavy atom. The Bertz CT molecular complexity index is 709. The molecule has 0 aliphatic heterocycles. The average Bonchev–Trinajstić information content (AvgIpc) is 2.64. The van der Waals surface area contributed by atoms with Gasteiger partial charge in [-0.2, -0.15) is 0 Å². The molecule has 2 heteroatoms. The van der Waals surface area contributed by atoms with Gasteiger partial charge in [-0.3, -0.25) is 0 Å². The minimum Gasteiger partial charge on any atom is -0.497 e. The third-order valence-corrected chi connectivity index (χ3v) is 5.76. The van der Waals surface area contributed by atoms with Gasteiger partial charge in [0, 0.05) is 0 Å². The summed E-state index contributed by atoms with van der Waals surface area (Å²) < 4.78 is 5.21. The van der Waals surface area contributed by atoms with E-state index in [0.29, 0.717) is 0 Å². The minimum atomic E-state index is -0.498. The molecule has 0 saturated heterocycles. The van der Waals surface area contributed by atoms with Crippen molar-refractivity contribution in [3.05, 3.63) is 96.3 Å². The zero-order chi connectivity index (χ0) is 15.9. The van der Waals surface area contributed by atoms with Gasteiger partial charge < -0.3 is 4.74 Å². The van der Waals surface area contributed by atoms with Crippen molar-refractivity contribution in [1.29, 1.82) is 0 Å². The molecule has 0 heterocycles. The normalized spacial score (nSPS) is 11.0. The first kappa shape index (κ1) is 15.5. The van der Waals surface area contributed by atoms with Gasteiger partial charge in [-0.15, -0.1) is 0 Å². The van der Waals surface area contributed by atoms with Gasteiger partial charge in [0.2, 0.25) is 0 Å². The molecule has 0 saturated carbocycles. The third kappa shape index (κ3) is 4.09. The van der Waals surface area contributed by atoms with Crippen LogP contribution in [0.5, 0.6) is 5.75 Å². The second-order valence-corrected chi connectivity index (χ2v) is 7.20. The smallest absolute Gasteiger partial charge is 0.118 e. The number of hydrogen-bond donors (Lipinski definition) is 0. The van der Waals surface area contributed by atoms with Crippen LogP contribution in [-0.2, 0) is 0 Å². The van der Waals surface area contributed by atoms with E-state index in [9.17, 15) is 0 Å². The Kier molecular flexibility index (Phi) is 5.24. The van der Waals surface area contributed by atoms with E-state index in [1.165, 1.54) is 16.2 Å². The van der Waals surface area contributed by atoms with Crippen molar-refractivity contribution < 1.29 is 4.74 Å². The SMILES string of the molecule is COc1ccc(/C=C/P(c2ccccc2)c2ccccc2)cc1. The highest BCUT2D eigenvalue weighted by Gasteiger charge is 2.09. The van der Waals surface area contributed by atoms with Crippen LogP contribution >= 0.6 is 7.92 Å². The molecule has 0 fully saturated rings. The molecule has 0 aliphatic rings. The van der Waals surface area contributed by atoms with Gasteiger partial charge in [0.1, 0.15) is 5.75 Å². The first-order valence-electron chi connectivity index (χ1n) is 7.58. The molecule has 0 bridgehead atoms. The Morgan fingerprint density at radius 2 is 1.22 bits per heavy atom. The van der Waals surface area contributed by atoms with Crippen LogP contribution in [0.2, 0.25) is 0 Å². The number of rotatable bonds is 5. The highest BCUT2D eigenvalue weighted by Crippen LogP contribution is 2.35. The first-order valence-corrected chi connectivity index (χ1v) is 8.99. The molecule has 0 spiro atoms. The van der Waals surface area contributed by atoms with E-state index in [1.807, 2.05) is 12.1 Å². The molecule has 3 rings (SSSR count). The van der Waals surface area contributed by atoms with Crippen molar-refractivity contribution in [1.82, 2.24) is 0 Å². The van der Waals surface area contributed by atoms with E-state index in [2.05, 4.69) is 84.7 Å². The van der Waals surface area contributed by atoms with Gasteiger partial charge in [-0.05, 0) is 36.2 Å². The molecule has 114 valence electrons. The average molecular weight is 318 g/mol. The van der Waals surface area contributed by atoms with E-state index < -0.39 is 7.92 Å². The minimum absolute atomic E-state index is 0.498. The summed E-state index contributed by atoms with van der Waals surface area (Å²) in [5.74, 6) is 3.21. The molecular weight excluding hydrogens is 299 g/mol. The zero-order valence-electron chi connectivity index (χ0n) is 13.1. The summed E-state index contributed by atoms with van der Waals surface area (Å²) in [7, 11) is 1.19. The molecule has 0 atom stereocenters. The number of hydrogen-bond acceptors (Lipinski definition) is 1. The fourth-order valence-electron chi connectivity index (χ4n) is 2.37. The maximum atomic E-state index is 5.21. The summed E-state index contributed by atoms with van der Waals surface area (Å²) in [4.78, 5) is 0. The van der Waals surface area contributed by atoms with Crippen molar-refractivity contribution in [2.24, 2.45) is 0 Å². The van der Waals surface area contributed by atoms with E-state index in [4.69, 9.17) is 4.74 Å². The largest absolute Gasteiger partial charge is 0.497 e. The molecule has 1 nitrogen and oxygen atoms in total. The predicted molar refractivity (Wildman–Crippen MR) is 101 cm³/mol. The quantitative estimate of drug-likeness (QED) is 0.614. The first-order chi connectivity index (χ1) is 11.4. The van der Waals surface area contributed by atoms with Crippen molar-refractivity contribution in [2.75, 3.05) is 7.11 Å². The van der Waals surface area contributed by atoms with Gasteiger partial charge in [0.05, 0.1) is 7.11 Å². The third-order valence-electron chi connectivity index (χ3n) is 3.60. The highest BCUT2D eigenvalue weighted by atomic mass is 31.1. The fourth-order valence-corrected chi connectivity index (χ4v) is 4.32. The summed E-state index contributed by atoms with van der Waals surface area (Å²) in [5, 5.41) is 2.72. The van der Waals surface area contributed by atoms with Crippen molar-refractivity contribution in [3.63, 3.8) is 0 Å². The summed E-state index contributed by atoms with van der Waals surface area (Å²) in [6.07, 6.45) is 2.20. The lowest BCUT2D eigenvalue weighted by molar-refractivity contribution is 0.415. The van der Waals surface area contributed by atoms with Crippen LogP contribution in [-0.4, -0.2) is 7.11 Å². The summed E-state index contributed by atoms with van der Waals surface area (Å²) in [6, 6.07) is 29.5. The second kappa shape index (κ2) is 7.76. The lowest BCUT2D eigenvalue weighted by Crippen LogP contribution is -2.09. The number of benzene rings is 3. The van der Waals surface area contributed by atoms with Crippen LogP contribution in [0.25, 0.3) is 6.08 Å². The van der Waals surface area contributed by atoms with Gasteiger partial charge in [-0.25, -0.2) is 0 Å². The fraction of sp³-hybridized carbons (Fsp3) is 0.0476. The molecule has 0 amide bonds.